The van der Waals surface area contributed by atoms with Crippen molar-refractivity contribution in [2.24, 2.45) is 0 Å². The molecule has 2 heterocycles. The van der Waals surface area contributed by atoms with E-state index >= 15 is 0 Å². The van der Waals surface area contributed by atoms with Gasteiger partial charge < -0.3 is 20.6 Å². The molecule has 0 bridgehead atoms. The zero-order valence-corrected chi connectivity index (χ0v) is 15.9. The molecule has 5 aromatic rings. The molecular weight excluding hydrogens is 395 g/mol. The van der Waals surface area contributed by atoms with Crippen LogP contribution in [0.15, 0.2) is 60.7 Å². The lowest BCUT2D eigenvalue weighted by Crippen LogP contribution is -1.94. The van der Waals surface area contributed by atoms with Crippen molar-refractivity contribution in [1.82, 2.24) is 19.9 Å². The van der Waals surface area contributed by atoms with E-state index in [0.29, 0.717) is 21.9 Å². The Kier molecular flexibility index (Phi) is 4.07. The standard InChI is InChI=1S/C20H14Cl2N6/c21-11-1-7-15-17(9-11)27-19(25-15)23-13-3-5-14(6-4-13)24-20-26-16-8-2-12(22)10-18(16)28-20/h1-10H,(H2,23,25,27)(H2,24,26,28). The fourth-order valence-electron chi connectivity index (χ4n) is 2.99. The van der Waals surface area contributed by atoms with E-state index in [1.165, 1.54) is 0 Å². The minimum Gasteiger partial charge on any atom is -0.326 e. The molecule has 0 saturated heterocycles. The Morgan fingerprint density at radius 1 is 0.607 bits per heavy atom. The van der Waals surface area contributed by atoms with Gasteiger partial charge in [0.1, 0.15) is 0 Å². The normalized spacial score (nSPS) is 11.2. The first kappa shape index (κ1) is 16.9. The van der Waals surface area contributed by atoms with Crippen LogP contribution < -0.4 is 10.6 Å². The predicted molar refractivity (Wildman–Crippen MR) is 115 cm³/mol. The van der Waals surface area contributed by atoms with Crippen molar-refractivity contribution in [3.05, 3.63) is 70.7 Å². The second kappa shape index (κ2) is 6.74. The van der Waals surface area contributed by atoms with E-state index in [4.69, 9.17) is 23.2 Å². The topological polar surface area (TPSA) is 81.4 Å². The number of imidazole rings is 2. The maximum atomic E-state index is 6.02. The molecule has 0 aliphatic rings. The molecule has 0 unspecified atom stereocenters. The lowest BCUT2D eigenvalue weighted by Gasteiger charge is -2.06. The summed E-state index contributed by atoms with van der Waals surface area (Å²) in [5, 5.41) is 7.86. The maximum Gasteiger partial charge on any atom is 0.205 e. The zero-order chi connectivity index (χ0) is 19.1. The van der Waals surface area contributed by atoms with E-state index in [9.17, 15) is 0 Å². The van der Waals surface area contributed by atoms with Crippen molar-refractivity contribution in [3.63, 3.8) is 0 Å². The first-order valence-corrected chi connectivity index (χ1v) is 9.33. The number of halogens is 2. The molecule has 0 fully saturated rings. The molecule has 3 aromatic carbocycles. The average Bonchev–Trinajstić information content (AvgIpc) is 3.25. The van der Waals surface area contributed by atoms with Crippen LogP contribution in [0.3, 0.4) is 0 Å². The number of hydrogen-bond acceptors (Lipinski definition) is 4. The summed E-state index contributed by atoms with van der Waals surface area (Å²) in [6, 6.07) is 18.9. The number of aromatic nitrogens is 4. The highest BCUT2D eigenvalue weighted by molar-refractivity contribution is 6.31. The second-order valence-electron chi connectivity index (χ2n) is 6.32. The molecule has 0 saturated carbocycles. The van der Waals surface area contributed by atoms with Crippen molar-refractivity contribution in [1.29, 1.82) is 0 Å². The van der Waals surface area contributed by atoms with E-state index in [2.05, 4.69) is 30.6 Å². The molecule has 0 aliphatic carbocycles. The van der Waals surface area contributed by atoms with Gasteiger partial charge in [0.2, 0.25) is 11.9 Å². The fourth-order valence-corrected chi connectivity index (χ4v) is 3.34. The summed E-state index contributed by atoms with van der Waals surface area (Å²) in [5.41, 5.74) is 5.31. The number of rotatable bonds is 4. The lowest BCUT2D eigenvalue weighted by atomic mass is 10.3. The first-order valence-electron chi connectivity index (χ1n) is 8.57. The summed E-state index contributed by atoms with van der Waals surface area (Å²) in [5.74, 6) is 1.32. The van der Waals surface area contributed by atoms with Gasteiger partial charge in [0, 0.05) is 21.4 Å². The Morgan fingerprint density at radius 3 is 1.46 bits per heavy atom. The third kappa shape index (κ3) is 3.35. The highest BCUT2D eigenvalue weighted by Crippen LogP contribution is 2.24. The van der Waals surface area contributed by atoms with Crippen molar-refractivity contribution < 1.29 is 0 Å². The Hall–Kier alpha value is -3.22. The van der Waals surface area contributed by atoms with Gasteiger partial charge in [-0.05, 0) is 60.7 Å². The van der Waals surface area contributed by atoms with Crippen LogP contribution in [0, 0.1) is 0 Å². The highest BCUT2D eigenvalue weighted by atomic mass is 35.5. The van der Waals surface area contributed by atoms with Crippen LogP contribution in [0.2, 0.25) is 10.0 Å². The third-order valence-electron chi connectivity index (χ3n) is 4.30. The van der Waals surface area contributed by atoms with E-state index in [-0.39, 0.29) is 0 Å². The summed E-state index contributed by atoms with van der Waals surface area (Å²) in [4.78, 5) is 15.4. The van der Waals surface area contributed by atoms with E-state index in [1.807, 2.05) is 60.7 Å². The lowest BCUT2D eigenvalue weighted by molar-refractivity contribution is 1.30. The molecule has 0 spiro atoms. The van der Waals surface area contributed by atoms with Crippen molar-refractivity contribution in [3.8, 4) is 0 Å². The van der Waals surface area contributed by atoms with Crippen LogP contribution in [-0.2, 0) is 0 Å². The van der Waals surface area contributed by atoms with Crippen LogP contribution in [0.4, 0.5) is 23.3 Å². The highest BCUT2D eigenvalue weighted by Gasteiger charge is 2.06. The van der Waals surface area contributed by atoms with Crippen LogP contribution in [-0.4, -0.2) is 19.9 Å². The summed E-state index contributed by atoms with van der Waals surface area (Å²) >= 11 is 12.0. The zero-order valence-electron chi connectivity index (χ0n) is 14.4. The van der Waals surface area contributed by atoms with Gasteiger partial charge in [-0.15, -0.1) is 0 Å². The van der Waals surface area contributed by atoms with E-state index in [1.54, 1.807) is 0 Å². The predicted octanol–water partition coefficient (Wildman–Crippen LogP) is 6.23. The summed E-state index contributed by atoms with van der Waals surface area (Å²) in [6.07, 6.45) is 0. The number of fused-ring (bicyclic) bond motifs is 2. The fraction of sp³-hybridized carbons (Fsp3) is 0. The van der Waals surface area contributed by atoms with Crippen LogP contribution >= 0.6 is 23.2 Å². The maximum absolute atomic E-state index is 6.02. The Bertz CT molecular complexity index is 1190. The molecular formula is C20H14Cl2N6. The molecule has 6 nitrogen and oxygen atoms in total. The number of anilines is 4. The number of hydrogen-bond donors (Lipinski definition) is 4. The van der Waals surface area contributed by atoms with Crippen LogP contribution in [0.1, 0.15) is 0 Å². The van der Waals surface area contributed by atoms with Gasteiger partial charge in [-0.2, -0.15) is 0 Å². The summed E-state index contributed by atoms with van der Waals surface area (Å²) < 4.78 is 0. The molecule has 0 radical (unpaired) electrons. The molecule has 0 aliphatic heterocycles. The van der Waals surface area contributed by atoms with Gasteiger partial charge in [-0.1, -0.05) is 23.2 Å². The molecule has 138 valence electrons. The van der Waals surface area contributed by atoms with Crippen LogP contribution in [0.5, 0.6) is 0 Å². The Labute approximate surface area is 169 Å². The van der Waals surface area contributed by atoms with E-state index in [0.717, 1.165) is 33.4 Å². The van der Waals surface area contributed by atoms with Gasteiger partial charge >= 0.3 is 0 Å². The molecule has 2 aromatic heterocycles. The number of benzene rings is 3. The minimum atomic E-state index is 0.659. The van der Waals surface area contributed by atoms with Gasteiger partial charge in [0.05, 0.1) is 22.1 Å². The molecule has 28 heavy (non-hydrogen) atoms. The smallest absolute Gasteiger partial charge is 0.205 e. The average molecular weight is 409 g/mol. The largest absolute Gasteiger partial charge is 0.326 e. The monoisotopic (exact) mass is 408 g/mol. The van der Waals surface area contributed by atoms with Gasteiger partial charge in [-0.25, -0.2) is 9.97 Å². The number of aromatic amines is 2. The van der Waals surface area contributed by atoms with E-state index < -0.39 is 0 Å². The summed E-state index contributed by atoms with van der Waals surface area (Å²) in [7, 11) is 0. The number of H-pyrrole nitrogens is 2. The molecule has 8 heteroatoms. The molecule has 0 atom stereocenters. The van der Waals surface area contributed by atoms with Gasteiger partial charge in [0.15, 0.2) is 0 Å². The van der Waals surface area contributed by atoms with Crippen LogP contribution in [0.25, 0.3) is 22.1 Å². The van der Waals surface area contributed by atoms with Crippen molar-refractivity contribution >= 4 is 68.5 Å². The van der Waals surface area contributed by atoms with Gasteiger partial charge in [0.25, 0.3) is 0 Å². The quantitative estimate of drug-likeness (QED) is 0.284. The summed E-state index contributed by atoms with van der Waals surface area (Å²) in [6.45, 7) is 0. The molecule has 0 amide bonds. The second-order valence-corrected chi connectivity index (χ2v) is 7.19. The SMILES string of the molecule is Clc1ccc2nc(Nc3ccc(Nc4nc5ccc(Cl)cc5[nH]4)cc3)[nH]c2c1. The number of nitrogens with zero attached hydrogens (tertiary/aromatic N) is 2. The first-order chi connectivity index (χ1) is 13.6. The Morgan fingerprint density at radius 2 is 1.04 bits per heavy atom. The van der Waals surface area contributed by atoms with Gasteiger partial charge in [-0.3, -0.25) is 0 Å². The molecule has 4 N–H and O–H groups in total. The van der Waals surface area contributed by atoms with Crippen molar-refractivity contribution in [2.45, 2.75) is 0 Å². The Balaban J connectivity index is 1.32. The number of nitrogens with one attached hydrogen (secondary N) is 4. The third-order valence-corrected chi connectivity index (χ3v) is 4.77. The molecule has 5 rings (SSSR count). The minimum absolute atomic E-state index is 0.659. The van der Waals surface area contributed by atoms with Crippen molar-refractivity contribution in [2.75, 3.05) is 10.6 Å².